The number of nitrogens with one attached hydrogen (secondary N) is 1. The van der Waals surface area contributed by atoms with Crippen molar-refractivity contribution in [2.45, 2.75) is 0 Å². The minimum Gasteiger partial charge on any atom is -0.480 e. The lowest BCUT2D eigenvalue weighted by molar-refractivity contribution is -0.385. The highest BCUT2D eigenvalue weighted by Gasteiger charge is 2.21. The summed E-state index contributed by atoms with van der Waals surface area (Å²) < 4.78 is 12.8. The van der Waals surface area contributed by atoms with Crippen molar-refractivity contribution in [1.82, 2.24) is 5.32 Å². The van der Waals surface area contributed by atoms with Crippen molar-refractivity contribution in [3.05, 3.63) is 39.7 Å². The van der Waals surface area contributed by atoms with Crippen LogP contribution in [-0.2, 0) is 4.79 Å². The third kappa shape index (κ3) is 3.23. The van der Waals surface area contributed by atoms with Crippen LogP contribution in [-0.4, -0.2) is 28.5 Å². The van der Waals surface area contributed by atoms with E-state index in [0.717, 1.165) is 12.1 Å². The number of nitro benzene ring substituents is 1. The molecule has 1 rings (SSSR count). The molecular formula is C9H7FN2O5. The minimum absolute atomic E-state index is 0.391. The number of benzene rings is 1. The van der Waals surface area contributed by atoms with Gasteiger partial charge in [0.1, 0.15) is 17.9 Å². The topological polar surface area (TPSA) is 110 Å². The first-order valence-corrected chi connectivity index (χ1v) is 4.35. The van der Waals surface area contributed by atoms with Gasteiger partial charge in [-0.3, -0.25) is 19.7 Å². The molecule has 1 amide bonds. The summed E-state index contributed by atoms with van der Waals surface area (Å²) in [4.78, 5) is 31.2. The molecule has 90 valence electrons. The molecule has 0 bridgehead atoms. The summed E-state index contributed by atoms with van der Waals surface area (Å²) in [5.41, 5.74) is -1.11. The van der Waals surface area contributed by atoms with Crippen LogP contribution in [0.3, 0.4) is 0 Å². The predicted molar refractivity (Wildman–Crippen MR) is 53.0 cm³/mol. The molecule has 7 nitrogen and oxygen atoms in total. The lowest BCUT2D eigenvalue weighted by atomic mass is 10.1. The highest BCUT2D eigenvalue weighted by molar-refractivity contribution is 5.99. The molecule has 0 saturated carbocycles. The van der Waals surface area contributed by atoms with E-state index in [0.29, 0.717) is 6.07 Å². The van der Waals surface area contributed by atoms with E-state index in [9.17, 15) is 24.1 Å². The van der Waals surface area contributed by atoms with Crippen LogP contribution in [0.25, 0.3) is 0 Å². The third-order valence-electron chi connectivity index (χ3n) is 1.80. The molecule has 0 spiro atoms. The van der Waals surface area contributed by atoms with Gasteiger partial charge in [0.05, 0.1) is 11.0 Å². The quantitative estimate of drug-likeness (QED) is 0.591. The molecule has 0 aromatic heterocycles. The van der Waals surface area contributed by atoms with E-state index in [-0.39, 0.29) is 0 Å². The molecule has 0 heterocycles. The summed E-state index contributed by atoms with van der Waals surface area (Å²) in [6, 6.07) is 2.39. The Labute approximate surface area is 94.0 Å². The van der Waals surface area contributed by atoms with Crippen molar-refractivity contribution in [2.75, 3.05) is 6.54 Å². The summed E-state index contributed by atoms with van der Waals surface area (Å²) in [5.74, 6) is -3.09. The minimum atomic E-state index is -1.29. The number of hydrogen-bond acceptors (Lipinski definition) is 4. The number of nitrogens with zero attached hydrogens (tertiary/aromatic N) is 1. The van der Waals surface area contributed by atoms with E-state index in [4.69, 9.17) is 5.11 Å². The summed E-state index contributed by atoms with van der Waals surface area (Å²) in [6.45, 7) is -0.673. The Bertz CT molecular complexity index is 488. The highest BCUT2D eigenvalue weighted by Crippen LogP contribution is 2.19. The zero-order chi connectivity index (χ0) is 13.0. The monoisotopic (exact) mass is 242 g/mol. The van der Waals surface area contributed by atoms with E-state index in [1.807, 2.05) is 5.32 Å². The van der Waals surface area contributed by atoms with E-state index in [2.05, 4.69) is 0 Å². The van der Waals surface area contributed by atoms with Crippen molar-refractivity contribution >= 4 is 17.6 Å². The third-order valence-corrected chi connectivity index (χ3v) is 1.80. The summed E-state index contributed by atoms with van der Waals surface area (Å²) in [6.07, 6.45) is 0. The Morgan fingerprint density at radius 1 is 1.47 bits per heavy atom. The van der Waals surface area contributed by atoms with Gasteiger partial charge < -0.3 is 10.4 Å². The van der Waals surface area contributed by atoms with Gasteiger partial charge in [0.25, 0.3) is 11.6 Å². The zero-order valence-electron chi connectivity index (χ0n) is 8.34. The molecule has 1 aromatic carbocycles. The van der Waals surface area contributed by atoms with Crippen LogP contribution in [0, 0.1) is 15.9 Å². The lowest BCUT2D eigenvalue weighted by Crippen LogP contribution is -2.29. The van der Waals surface area contributed by atoms with Crippen molar-refractivity contribution in [3.8, 4) is 0 Å². The highest BCUT2D eigenvalue weighted by atomic mass is 19.1. The van der Waals surface area contributed by atoms with Crippen LogP contribution in [0.2, 0.25) is 0 Å². The molecule has 17 heavy (non-hydrogen) atoms. The van der Waals surface area contributed by atoms with Gasteiger partial charge in [0, 0.05) is 0 Å². The predicted octanol–water partition coefficient (Wildman–Crippen LogP) is 0.548. The molecule has 0 aliphatic heterocycles. The second-order valence-electron chi connectivity index (χ2n) is 2.99. The molecule has 0 unspecified atom stereocenters. The largest absolute Gasteiger partial charge is 0.480 e. The van der Waals surface area contributed by atoms with Gasteiger partial charge in [-0.2, -0.15) is 0 Å². The normalized spacial score (nSPS) is 9.71. The van der Waals surface area contributed by atoms with Crippen LogP contribution < -0.4 is 5.32 Å². The lowest BCUT2D eigenvalue weighted by Gasteiger charge is -2.03. The van der Waals surface area contributed by atoms with Gasteiger partial charge >= 0.3 is 5.97 Å². The molecule has 0 saturated heterocycles. The maximum Gasteiger partial charge on any atom is 0.322 e. The molecule has 0 radical (unpaired) electrons. The zero-order valence-corrected chi connectivity index (χ0v) is 8.34. The van der Waals surface area contributed by atoms with Crippen LogP contribution in [0.4, 0.5) is 10.1 Å². The maximum atomic E-state index is 12.8. The van der Waals surface area contributed by atoms with Crippen molar-refractivity contribution in [2.24, 2.45) is 0 Å². The fourth-order valence-corrected chi connectivity index (χ4v) is 1.10. The molecule has 0 aliphatic carbocycles. The first-order chi connectivity index (χ1) is 7.91. The number of nitro groups is 1. The fourth-order valence-electron chi connectivity index (χ4n) is 1.10. The number of rotatable bonds is 4. The van der Waals surface area contributed by atoms with Gasteiger partial charge in [0.15, 0.2) is 0 Å². The van der Waals surface area contributed by atoms with Crippen LogP contribution in [0.5, 0.6) is 0 Å². The van der Waals surface area contributed by atoms with Crippen LogP contribution in [0.1, 0.15) is 10.4 Å². The molecule has 0 fully saturated rings. The molecule has 1 aromatic rings. The Kier molecular flexibility index (Phi) is 3.70. The Hall–Kier alpha value is -2.51. The number of amides is 1. The SMILES string of the molecule is O=C(O)CNC(=O)c1ccc(F)cc1[N+](=O)[O-]. The number of carbonyl (C=O) groups is 2. The van der Waals surface area contributed by atoms with Gasteiger partial charge in [0.2, 0.25) is 0 Å². The van der Waals surface area contributed by atoms with Crippen molar-refractivity contribution in [3.63, 3.8) is 0 Å². The van der Waals surface area contributed by atoms with Gasteiger partial charge in [-0.25, -0.2) is 4.39 Å². The molecule has 8 heteroatoms. The Morgan fingerprint density at radius 2 is 2.12 bits per heavy atom. The first kappa shape index (κ1) is 12.6. The second-order valence-corrected chi connectivity index (χ2v) is 2.99. The Balaban J connectivity index is 3.00. The number of aliphatic carboxylic acids is 1. The van der Waals surface area contributed by atoms with Gasteiger partial charge in [-0.05, 0) is 12.1 Å². The maximum absolute atomic E-state index is 12.8. The standard InChI is InChI=1S/C9H7FN2O5/c10-5-1-2-6(7(3-5)12(16)17)9(15)11-4-8(13)14/h1-3H,4H2,(H,11,15)(H,13,14). The van der Waals surface area contributed by atoms with Gasteiger partial charge in [-0.15, -0.1) is 0 Å². The van der Waals surface area contributed by atoms with Crippen molar-refractivity contribution in [1.29, 1.82) is 0 Å². The number of halogens is 1. The Morgan fingerprint density at radius 3 is 2.65 bits per heavy atom. The van der Waals surface area contributed by atoms with E-state index in [1.54, 1.807) is 0 Å². The van der Waals surface area contributed by atoms with Gasteiger partial charge in [-0.1, -0.05) is 0 Å². The summed E-state index contributed by atoms with van der Waals surface area (Å²) in [7, 11) is 0. The second kappa shape index (κ2) is 5.01. The molecule has 2 N–H and O–H groups in total. The summed E-state index contributed by atoms with van der Waals surface area (Å²) in [5, 5.41) is 20.8. The average molecular weight is 242 g/mol. The smallest absolute Gasteiger partial charge is 0.322 e. The number of carboxylic acid groups (broad SMARTS) is 1. The molecule has 0 aliphatic rings. The average Bonchev–Trinajstić information content (AvgIpc) is 2.25. The molecular weight excluding hydrogens is 235 g/mol. The van der Waals surface area contributed by atoms with Crippen molar-refractivity contribution < 1.29 is 24.0 Å². The van der Waals surface area contributed by atoms with E-state index >= 15 is 0 Å². The fraction of sp³-hybridized carbons (Fsp3) is 0.111. The number of carboxylic acids is 1. The van der Waals surface area contributed by atoms with Crippen LogP contribution in [0.15, 0.2) is 18.2 Å². The van der Waals surface area contributed by atoms with E-state index in [1.165, 1.54) is 0 Å². The summed E-state index contributed by atoms with van der Waals surface area (Å²) >= 11 is 0. The number of hydrogen-bond donors (Lipinski definition) is 2. The van der Waals surface area contributed by atoms with E-state index < -0.39 is 40.4 Å². The number of carbonyl (C=O) groups excluding carboxylic acids is 1. The van der Waals surface area contributed by atoms with Crippen LogP contribution >= 0.6 is 0 Å². The molecule has 0 atom stereocenters. The first-order valence-electron chi connectivity index (χ1n) is 4.35.